The standard InChI is InChI=1S/C17H27N3O/c1-3-20(16-9-5-7-14(16)11-18)12-17(21)19-15-8-4-6-13(2)10-15/h4,6,8,10,14,16H,3,5,7,9,11-12,18H2,1-2H3,(H,19,21). The molecule has 0 heterocycles. The lowest BCUT2D eigenvalue weighted by Crippen LogP contribution is -2.44. The number of nitrogens with two attached hydrogens (primary N) is 1. The van der Waals surface area contributed by atoms with Crippen LogP contribution in [0.3, 0.4) is 0 Å². The number of hydrogen-bond acceptors (Lipinski definition) is 3. The summed E-state index contributed by atoms with van der Waals surface area (Å²) in [5, 5.41) is 2.99. The van der Waals surface area contributed by atoms with Gasteiger partial charge in [0.05, 0.1) is 6.54 Å². The molecule has 1 fully saturated rings. The second kappa shape index (κ2) is 7.57. The first-order valence-electron chi connectivity index (χ1n) is 7.94. The Morgan fingerprint density at radius 2 is 2.24 bits per heavy atom. The van der Waals surface area contributed by atoms with E-state index in [0.29, 0.717) is 18.5 Å². The Balaban J connectivity index is 1.93. The van der Waals surface area contributed by atoms with Crippen LogP contribution in [0.1, 0.15) is 31.7 Å². The van der Waals surface area contributed by atoms with Gasteiger partial charge in [-0.1, -0.05) is 25.5 Å². The van der Waals surface area contributed by atoms with Gasteiger partial charge in [-0.15, -0.1) is 0 Å². The molecule has 1 aromatic rings. The molecule has 1 saturated carbocycles. The minimum atomic E-state index is 0.0603. The Bertz CT molecular complexity index is 475. The van der Waals surface area contributed by atoms with Crippen molar-refractivity contribution in [2.45, 2.75) is 39.2 Å². The number of likely N-dealkylation sites (N-methyl/N-ethyl adjacent to an activating group) is 1. The molecule has 1 aromatic carbocycles. The fraction of sp³-hybridized carbons (Fsp3) is 0.588. The van der Waals surface area contributed by atoms with Crippen LogP contribution in [0.4, 0.5) is 5.69 Å². The summed E-state index contributed by atoms with van der Waals surface area (Å²) in [5.41, 5.74) is 7.89. The van der Waals surface area contributed by atoms with Gasteiger partial charge >= 0.3 is 0 Å². The van der Waals surface area contributed by atoms with E-state index in [2.05, 4.69) is 17.1 Å². The van der Waals surface area contributed by atoms with Gasteiger partial charge in [-0.25, -0.2) is 0 Å². The molecule has 0 radical (unpaired) electrons. The molecule has 1 aliphatic carbocycles. The second-order valence-electron chi connectivity index (χ2n) is 5.97. The van der Waals surface area contributed by atoms with Crippen molar-refractivity contribution in [3.63, 3.8) is 0 Å². The van der Waals surface area contributed by atoms with E-state index >= 15 is 0 Å². The molecule has 2 atom stereocenters. The van der Waals surface area contributed by atoms with Crippen LogP contribution < -0.4 is 11.1 Å². The summed E-state index contributed by atoms with van der Waals surface area (Å²) in [6.45, 7) is 6.21. The Labute approximate surface area is 127 Å². The summed E-state index contributed by atoms with van der Waals surface area (Å²) >= 11 is 0. The zero-order chi connectivity index (χ0) is 15.2. The predicted molar refractivity (Wildman–Crippen MR) is 87.2 cm³/mol. The van der Waals surface area contributed by atoms with Crippen molar-refractivity contribution in [2.75, 3.05) is 25.0 Å². The van der Waals surface area contributed by atoms with Crippen LogP contribution >= 0.6 is 0 Å². The van der Waals surface area contributed by atoms with Crippen molar-refractivity contribution in [3.8, 4) is 0 Å². The van der Waals surface area contributed by atoms with Crippen LogP contribution in [-0.4, -0.2) is 36.5 Å². The third-order valence-electron chi connectivity index (χ3n) is 4.45. The zero-order valence-corrected chi connectivity index (χ0v) is 13.1. The van der Waals surface area contributed by atoms with Crippen LogP contribution in [0.2, 0.25) is 0 Å². The number of nitrogens with one attached hydrogen (secondary N) is 1. The van der Waals surface area contributed by atoms with Gasteiger partial charge in [0.25, 0.3) is 0 Å². The number of rotatable bonds is 6. The fourth-order valence-electron chi connectivity index (χ4n) is 3.34. The van der Waals surface area contributed by atoms with Crippen molar-refractivity contribution >= 4 is 11.6 Å². The van der Waals surface area contributed by atoms with E-state index in [1.807, 2.05) is 31.2 Å². The number of anilines is 1. The molecule has 0 spiro atoms. The number of nitrogens with zero attached hydrogens (tertiary/aromatic N) is 1. The number of benzene rings is 1. The SMILES string of the molecule is CCN(CC(=O)Nc1cccc(C)c1)C1CCCC1CN. The molecule has 3 N–H and O–H groups in total. The van der Waals surface area contributed by atoms with Gasteiger partial charge in [-0.05, 0) is 56.5 Å². The van der Waals surface area contributed by atoms with Gasteiger partial charge in [0.2, 0.25) is 5.91 Å². The monoisotopic (exact) mass is 289 g/mol. The maximum Gasteiger partial charge on any atom is 0.238 e. The summed E-state index contributed by atoms with van der Waals surface area (Å²) in [6.07, 6.45) is 3.58. The molecule has 2 unspecified atom stereocenters. The second-order valence-corrected chi connectivity index (χ2v) is 5.97. The van der Waals surface area contributed by atoms with Crippen molar-refractivity contribution in [1.82, 2.24) is 4.90 Å². The molecule has 21 heavy (non-hydrogen) atoms. The van der Waals surface area contributed by atoms with Gasteiger partial charge in [-0.2, -0.15) is 0 Å². The van der Waals surface area contributed by atoms with Crippen LogP contribution in [0.5, 0.6) is 0 Å². The van der Waals surface area contributed by atoms with Gasteiger partial charge in [0.15, 0.2) is 0 Å². The average Bonchev–Trinajstić information content (AvgIpc) is 2.93. The lowest BCUT2D eigenvalue weighted by Gasteiger charge is -2.31. The summed E-state index contributed by atoms with van der Waals surface area (Å²) in [4.78, 5) is 14.5. The van der Waals surface area contributed by atoms with Gasteiger partial charge in [-0.3, -0.25) is 9.69 Å². The smallest absolute Gasteiger partial charge is 0.238 e. The van der Waals surface area contributed by atoms with Gasteiger partial charge in [0, 0.05) is 11.7 Å². The molecule has 116 valence electrons. The first-order chi connectivity index (χ1) is 10.1. The number of hydrogen-bond donors (Lipinski definition) is 2. The maximum atomic E-state index is 12.3. The molecule has 4 nitrogen and oxygen atoms in total. The van der Waals surface area contributed by atoms with Crippen molar-refractivity contribution in [2.24, 2.45) is 11.7 Å². The first kappa shape index (κ1) is 16.0. The summed E-state index contributed by atoms with van der Waals surface area (Å²) in [5.74, 6) is 0.599. The van der Waals surface area contributed by atoms with Crippen LogP contribution in [0.25, 0.3) is 0 Å². The Kier molecular flexibility index (Phi) is 5.76. The molecule has 1 aliphatic rings. The third kappa shape index (κ3) is 4.29. The van der Waals surface area contributed by atoms with E-state index in [1.54, 1.807) is 0 Å². The molecule has 0 aliphatic heterocycles. The topological polar surface area (TPSA) is 58.4 Å². The maximum absolute atomic E-state index is 12.3. The highest BCUT2D eigenvalue weighted by Crippen LogP contribution is 2.29. The van der Waals surface area contributed by atoms with Crippen LogP contribution in [0.15, 0.2) is 24.3 Å². The lowest BCUT2D eigenvalue weighted by atomic mass is 10.0. The minimum absolute atomic E-state index is 0.0603. The van der Waals surface area contributed by atoms with Crippen molar-refractivity contribution < 1.29 is 4.79 Å². The fourth-order valence-corrected chi connectivity index (χ4v) is 3.34. The summed E-state index contributed by atoms with van der Waals surface area (Å²) < 4.78 is 0. The summed E-state index contributed by atoms with van der Waals surface area (Å²) in [6, 6.07) is 8.37. The van der Waals surface area contributed by atoms with Crippen LogP contribution in [0, 0.1) is 12.8 Å². The highest BCUT2D eigenvalue weighted by Gasteiger charge is 2.31. The molecular weight excluding hydrogens is 262 g/mol. The summed E-state index contributed by atoms with van der Waals surface area (Å²) in [7, 11) is 0. The van der Waals surface area contributed by atoms with E-state index in [4.69, 9.17) is 5.73 Å². The zero-order valence-electron chi connectivity index (χ0n) is 13.1. The number of aryl methyl sites for hydroxylation is 1. The quantitative estimate of drug-likeness (QED) is 0.845. The Hall–Kier alpha value is -1.39. The molecule has 1 amide bonds. The van der Waals surface area contributed by atoms with Crippen molar-refractivity contribution in [3.05, 3.63) is 29.8 Å². The van der Waals surface area contributed by atoms with E-state index in [-0.39, 0.29) is 5.91 Å². The number of carbonyl (C=O) groups is 1. The van der Waals surface area contributed by atoms with Crippen molar-refractivity contribution in [1.29, 1.82) is 0 Å². The van der Waals surface area contributed by atoms with Crippen LogP contribution in [-0.2, 0) is 4.79 Å². The molecule has 0 aromatic heterocycles. The highest BCUT2D eigenvalue weighted by atomic mass is 16.2. The van der Waals surface area contributed by atoms with Gasteiger partial charge < -0.3 is 11.1 Å². The van der Waals surface area contributed by atoms with E-state index in [9.17, 15) is 4.79 Å². The first-order valence-corrected chi connectivity index (χ1v) is 7.94. The Morgan fingerprint density at radius 3 is 2.90 bits per heavy atom. The number of amides is 1. The minimum Gasteiger partial charge on any atom is -0.330 e. The molecular formula is C17H27N3O. The van der Waals surface area contributed by atoms with E-state index < -0.39 is 0 Å². The molecule has 0 bridgehead atoms. The molecule has 0 saturated heterocycles. The highest BCUT2D eigenvalue weighted by molar-refractivity contribution is 5.92. The molecule has 4 heteroatoms. The van der Waals surface area contributed by atoms with Gasteiger partial charge in [0.1, 0.15) is 0 Å². The third-order valence-corrected chi connectivity index (χ3v) is 4.45. The van der Waals surface area contributed by atoms with E-state index in [0.717, 1.165) is 30.8 Å². The largest absolute Gasteiger partial charge is 0.330 e. The number of carbonyl (C=O) groups excluding carboxylic acids is 1. The lowest BCUT2D eigenvalue weighted by molar-refractivity contribution is -0.118. The van der Waals surface area contributed by atoms with E-state index in [1.165, 1.54) is 12.8 Å². The normalized spacial score (nSPS) is 21.7. The Morgan fingerprint density at radius 1 is 1.43 bits per heavy atom. The molecule has 2 rings (SSSR count). The average molecular weight is 289 g/mol. The predicted octanol–water partition coefficient (Wildman–Crippen LogP) is 2.38.